The molecule has 0 aromatic heterocycles. The third kappa shape index (κ3) is 4.92. The predicted molar refractivity (Wildman–Crippen MR) is 103 cm³/mol. The van der Waals surface area contributed by atoms with Crippen molar-refractivity contribution < 1.29 is 0 Å². The van der Waals surface area contributed by atoms with Gasteiger partial charge in [-0.3, -0.25) is 0 Å². The second kappa shape index (κ2) is 8.29. The predicted octanol–water partition coefficient (Wildman–Crippen LogP) is 5.50. The average Bonchev–Trinajstić information content (AvgIpc) is 2.61. The molecule has 0 bridgehead atoms. The van der Waals surface area contributed by atoms with Gasteiger partial charge in [-0.1, -0.05) is 0 Å². The van der Waals surface area contributed by atoms with Crippen molar-refractivity contribution >= 4 is 12.9 Å². The van der Waals surface area contributed by atoms with Gasteiger partial charge in [0, 0.05) is 0 Å². The van der Waals surface area contributed by atoms with Crippen LogP contribution in [0.1, 0.15) is 55.2 Å². The molecule has 0 amide bonds. The Kier molecular flexibility index (Phi) is 5.85. The summed E-state index contributed by atoms with van der Waals surface area (Å²) < 4.78 is 0. The maximum absolute atomic E-state index is 2.39. The minimum absolute atomic E-state index is 0.794. The van der Waals surface area contributed by atoms with E-state index in [1.807, 2.05) is 0 Å². The van der Waals surface area contributed by atoms with Gasteiger partial charge in [0.2, 0.25) is 0 Å². The summed E-state index contributed by atoms with van der Waals surface area (Å²) in [6.07, 6.45) is 7.75. The van der Waals surface area contributed by atoms with Gasteiger partial charge in [0.1, 0.15) is 0 Å². The van der Waals surface area contributed by atoms with Crippen LogP contribution < -0.4 is 0 Å². The molecule has 1 aliphatic rings. The van der Waals surface area contributed by atoms with Crippen molar-refractivity contribution in [3.05, 3.63) is 71.3 Å². The van der Waals surface area contributed by atoms with Crippen molar-refractivity contribution in [1.29, 1.82) is 0 Å². The molecule has 0 unspecified atom stereocenters. The van der Waals surface area contributed by atoms with E-state index in [-0.39, 0.29) is 0 Å². The molecule has 23 heavy (non-hydrogen) atoms. The van der Waals surface area contributed by atoms with Crippen LogP contribution in [0.5, 0.6) is 0 Å². The number of benzene rings is 2. The third-order valence-electron chi connectivity index (χ3n) is 5.18. The van der Waals surface area contributed by atoms with E-state index in [0.717, 1.165) is 24.6 Å². The van der Waals surface area contributed by atoms with E-state index >= 15 is 0 Å². The van der Waals surface area contributed by atoms with Crippen molar-refractivity contribution in [2.75, 3.05) is 0 Å². The van der Waals surface area contributed by atoms with Gasteiger partial charge in [-0.15, -0.1) is 0 Å². The van der Waals surface area contributed by atoms with Crippen LogP contribution in [0.15, 0.2) is 54.6 Å². The first kappa shape index (κ1) is 16.2. The zero-order chi connectivity index (χ0) is 15.9. The van der Waals surface area contributed by atoms with Crippen LogP contribution in [0.2, 0.25) is 6.32 Å². The molecule has 1 heteroatoms. The molecule has 0 aliphatic heterocycles. The molecular weight excluding hydrogens is 275 g/mol. The van der Waals surface area contributed by atoms with Crippen LogP contribution in [-0.2, 0) is 6.42 Å². The number of aryl methyl sites for hydroxylation is 1. The standard InChI is InChI=1S/C22H27B/c1-18-7-11-21(12-8-18)22-13-9-20(10-14-22)17-23-16-15-19-5-3-2-4-6-19/h2-6,9-10,13-14,17-18,21H,7-8,11-12,15-16H2,1H3. The number of hydrogen-bond acceptors (Lipinski definition) is 0. The van der Waals surface area contributed by atoms with Gasteiger partial charge in [-0.2, -0.15) is 0 Å². The van der Waals surface area contributed by atoms with Crippen LogP contribution in [0.3, 0.4) is 0 Å². The summed E-state index contributed by atoms with van der Waals surface area (Å²) in [5.41, 5.74) is 4.28. The Morgan fingerprint density at radius 3 is 2.30 bits per heavy atom. The molecule has 0 spiro atoms. The summed E-state index contributed by atoms with van der Waals surface area (Å²) >= 11 is 0. The Labute approximate surface area is 141 Å². The van der Waals surface area contributed by atoms with Crippen LogP contribution in [0, 0.1) is 5.92 Å². The molecule has 1 saturated carbocycles. The Bertz CT molecular complexity index is 604. The first-order valence-electron chi connectivity index (χ1n) is 9.11. The molecule has 0 nitrogen and oxygen atoms in total. The van der Waals surface area contributed by atoms with E-state index in [1.54, 1.807) is 5.56 Å². The fraction of sp³-hybridized carbons (Fsp3) is 0.409. The van der Waals surface area contributed by atoms with E-state index in [1.165, 1.54) is 36.8 Å². The third-order valence-corrected chi connectivity index (χ3v) is 5.18. The zero-order valence-corrected chi connectivity index (χ0v) is 14.2. The number of hydrogen-bond donors (Lipinski definition) is 0. The van der Waals surface area contributed by atoms with Crippen molar-refractivity contribution in [3.8, 4) is 0 Å². The SMILES string of the molecule is CC1CCC(c2ccc(C=BCCc3ccccc3)cc2)CC1. The van der Waals surface area contributed by atoms with E-state index in [2.05, 4.69) is 74.4 Å². The topological polar surface area (TPSA) is 0 Å². The Hall–Kier alpha value is -1.63. The van der Waals surface area contributed by atoms with Crippen molar-refractivity contribution in [3.63, 3.8) is 0 Å². The average molecular weight is 302 g/mol. The molecular formula is C22H27B. The first-order valence-corrected chi connectivity index (χ1v) is 9.11. The van der Waals surface area contributed by atoms with E-state index < -0.39 is 0 Å². The summed E-state index contributed by atoms with van der Waals surface area (Å²) in [4.78, 5) is 0. The van der Waals surface area contributed by atoms with Gasteiger partial charge < -0.3 is 0 Å². The fourth-order valence-electron chi connectivity index (χ4n) is 3.59. The molecule has 2 aromatic carbocycles. The monoisotopic (exact) mass is 302 g/mol. The van der Waals surface area contributed by atoms with Crippen LogP contribution in [0.4, 0.5) is 0 Å². The fourth-order valence-corrected chi connectivity index (χ4v) is 3.59. The van der Waals surface area contributed by atoms with E-state index in [9.17, 15) is 0 Å². The summed E-state index contributed by atoms with van der Waals surface area (Å²) in [6.45, 7) is 4.68. The van der Waals surface area contributed by atoms with Gasteiger partial charge in [-0.25, -0.2) is 0 Å². The summed E-state index contributed by atoms with van der Waals surface area (Å²) in [7, 11) is 0. The number of rotatable bonds is 5. The second-order valence-electron chi connectivity index (χ2n) is 7.05. The van der Waals surface area contributed by atoms with Crippen molar-refractivity contribution in [1.82, 2.24) is 0 Å². The van der Waals surface area contributed by atoms with Gasteiger partial charge in [0.05, 0.1) is 0 Å². The normalized spacial score (nSPS) is 21.3. The molecule has 118 valence electrons. The molecule has 3 rings (SSSR count). The minimum atomic E-state index is 0.794. The first-order chi connectivity index (χ1) is 11.3. The Balaban J connectivity index is 1.50. The van der Waals surface area contributed by atoms with Crippen LogP contribution >= 0.6 is 0 Å². The summed E-state index contributed by atoms with van der Waals surface area (Å²) in [5.74, 6) is 3.98. The van der Waals surface area contributed by atoms with Gasteiger partial charge in [0.15, 0.2) is 0 Å². The zero-order valence-electron chi connectivity index (χ0n) is 14.2. The van der Waals surface area contributed by atoms with E-state index in [4.69, 9.17) is 0 Å². The van der Waals surface area contributed by atoms with Crippen molar-refractivity contribution in [2.45, 2.75) is 51.3 Å². The molecule has 1 aliphatic carbocycles. The molecule has 0 radical (unpaired) electrons. The van der Waals surface area contributed by atoms with E-state index in [0.29, 0.717) is 0 Å². The molecule has 0 atom stereocenters. The summed E-state index contributed by atoms with van der Waals surface area (Å²) in [6, 6.07) is 20.0. The molecule has 0 N–H and O–H groups in total. The van der Waals surface area contributed by atoms with Crippen molar-refractivity contribution in [2.24, 2.45) is 5.92 Å². The van der Waals surface area contributed by atoms with Gasteiger partial charge in [-0.05, 0) is 0 Å². The quantitative estimate of drug-likeness (QED) is 0.640. The maximum atomic E-state index is 2.39. The van der Waals surface area contributed by atoms with Crippen LogP contribution in [-0.4, -0.2) is 12.9 Å². The van der Waals surface area contributed by atoms with Crippen LogP contribution in [0.25, 0.3) is 0 Å². The molecule has 0 saturated heterocycles. The molecule has 0 heterocycles. The molecule has 1 fully saturated rings. The Morgan fingerprint density at radius 1 is 0.913 bits per heavy atom. The van der Waals surface area contributed by atoms with Gasteiger partial charge in [0.25, 0.3) is 0 Å². The summed E-state index contributed by atoms with van der Waals surface area (Å²) in [5, 5.41) is 0. The second-order valence-corrected chi connectivity index (χ2v) is 7.05. The molecule has 2 aromatic rings. The Morgan fingerprint density at radius 2 is 1.61 bits per heavy atom. The van der Waals surface area contributed by atoms with Gasteiger partial charge >= 0.3 is 141 Å².